The summed E-state index contributed by atoms with van der Waals surface area (Å²) < 4.78 is 0. The molecule has 1 unspecified atom stereocenters. The minimum Gasteiger partial charge on any atom is -0.325 e. The highest BCUT2D eigenvalue weighted by molar-refractivity contribution is 6.07. The van der Waals surface area contributed by atoms with E-state index in [4.69, 9.17) is 0 Å². The lowest BCUT2D eigenvalue weighted by molar-refractivity contribution is -0.120. The molecule has 1 spiro atoms. The lowest BCUT2D eigenvalue weighted by Crippen LogP contribution is -2.35. The first-order chi connectivity index (χ1) is 10.6. The number of nitrogens with zero attached hydrogens (tertiary/aromatic N) is 1. The Morgan fingerprint density at radius 2 is 2.09 bits per heavy atom. The molecule has 1 aromatic carbocycles. The standard InChI is InChI=1S/C18H16N2O2/c1-2-16(21)11-3-4-12-8-18(9-13(12)7-11)14-10-19-6-5-15(14)20-17(18)22/h3-7,10H,2,8-9H2,1H3,(H,20,22). The second kappa shape index (κ2) is 4.50. The van der Waals surface area contributed by atoms with Crippen LogP contribution in [0.5, 0.6) is 0 Å². The van der Waals surface area contributed by atoms with E-state index in [2.05, 4.69) is 10.3 Å². The molecule has 2 aromatic rings. The summed E-state index contributed by atoms with van der Waals surface area (Å²) in [5, 5.41) is 2.97. The molecule has 110 valence electrons. The molecule has 0 bridgehead atoms. The first-order valence-corrected chi connectivity index (χ1v) is 7.55. The Bertz CT molecular complexity index is 812. The van der Waals surface area contributed by atoms with Crippen LogP contribution in [0.3, 0.4) is 0 Å². The fraction of sp³-hybridized carbons (Fsp3) is 0.278. The number of ketones is 1. The number of rotatable bonds is 2. The van der Waals surface area contributed by atoms with E-state index in [1.54, 1.807) is 12.4 Å². The molecule has 4 rings (SSSR count). The lowest BCUT2D eigenvalue weighted by Gasteiger charge is -2.20. The molecule has 4 nitrogen and oxygen atoms in total. The Hall–Kier alpha value is -2.49. The average molecular weight is 292 g/mol. The van der Waals surface area contributed by atoms with Crippen molar-refractivity contribution in [3.05, 3.63) is 58.9 Å². The topological polar surface area (TPSA) is 59.1 Å². The predicted octanol–water partition coefficient (Wildman–Crippen LogP) is 2.66. The van der Waals surface area contributed by atoms with Gasteiger partial charge in [0.2, 0.25) is 5.91 Å². The zero-order chi connectivity index (χ0) is 15.3. The van der Waals surface area contributed by atoms with Crippen molar-refractivity contribution >= 4 is 17.4 Å². The molecule has 4 heteroatoms. The normalized spacial score (nSPS) is 21.6. The van der Waals surface area contributed by atoms with Crippen molar-refractivity contribution in [3.8, 4) is 0 Å². The molecule has 2 aliphatic rings. The van der Waals surface area contributed by atoms with Crippen molar-refractivity contribution in [1.82, 2.24) is 4.98 Å². The summed E-state index contributed by atoms with van der Waals surface area (Å²) in [5.74, 6) is 0.178. The summed E-state index contributed by atoms with van der Waals surface area (Å²) in [4.78, 5) is 28.7. The third kappa shape index (κ3) is 1.67. The van der Waals surface area contributed by atoms with Crippen molar-refractivity contribution in [1.29, 1.82) is 0 Å². The number of anilines is 1. The maximum atomic E-state index is 12.6. The molecule has 1 aromatic heterocycles. The van der Waals surface area contributed by atoms with Crippen LogP contribution in [0.4, 0.5) is 5.69 Å². The van der Waals surface area contributed by atoms with E-state index >= 15 is 0 Å². The van der Waals surface area contributed by atoms with Gasteiger partial charge in [-0.1, -0.05) is 19.1 Å². The third-order valence-corrected chi connectivity index (χ3v) is 4.85. The zero-order valence-electron chi connectivity index (χ0n) is 12.3. The smallest absolute Gasteiger partial charge is 0.235 e. The van der Waals surface area contributed by atoms with Crippen LogP contribution >= 0.6 is 0 Å². The van der Waals surface area contributed by atoms with Crippen LogP contribution in [0.2, 0.25) is 0 Å². The number of carbonyl (C=O) groups is 2. The van der Waals surface area contributed by atoms with Crippen LogP contribution in [0, 0.1) is 0 Å². The number of amides is 1. The summed E-state index contributed by atoms with van der Waals surface area (Å²) in [6, 6.07) is 7.67. The summed E-state index contributed by atoms with van der Waals surface area (Å²) in [5.41, 5.74) is 4.27. The van der Waals surface area contributed by atoms with Gasteiger partial charge in [-0.05, 0) is 36.1 Å². The monoisotopic (exact) mass is 292 g/mol. The molecule has 1 aliphatic heterocycles. The SMILES string of the molecule is CCC(=O)c1ccc2c(c1)CC1(C2)C(=O)Nc2ccncc21. The molecule has 2 heterocycles. The molecule has 0 saturated carbocycles. The van der Waals surface area contributed by atoms with Crippen molar-refractivity contribution in [3.63, 3.8) is 0 Å². The number of benzene rings is 1. The first-order valence-electron chi connectivity index (χ1n) is 7.55. The van der Waals surface area contributed by atoms with Crippen molar-refractivity contribution in [2.45, 2.75) is 31.6 Å². The molecule has 1 atom stereocenters. The van der Waals surface area contributed by atoms with E-state index in [0.29, 0.717) is 19.3 Å². The van der Waals surface area contributed by atoms with Gasteiger partial charge in [0.05, 0.1) is 5.41 Å². The second-order valence-electron chi connectivity index (χ2n) is 6.07. The number of fused-ring (bicyclic) bond motifs is 3. The van der Waals surface area contributed by atoms with Gasteiger partial charge in [-0.15, -0.1) is 0 Å². The highest BCUT2D eigenvalue weighted by Crippen LogP contribution is 2.47. The van der Waals surface area contributed by atoms with Gasteiger partial charge >= 0.3 is 0 Å². The van der Waals surface area contributed by atoms with E-state index in [9.17, 15) is 9.59 Å². The van der Waals surface area contributed by atoms with Gasteiger partial charge < -0.3 is 5.32 Å². The third-order valence-electron chi connectivity index (χ3n) is 4.85. The van der Waals surface area contributed by atoms with E-state index in [0.717, 1.165) is 27.9 Å². The van der Waals surface area contributed by atoms with Gasteiger partial charge in [-0.2, -0.15) is 0 Å². The Morgan fingerprint density at radius 1 is 1.27 bits per heavy atom. The van der Waals surface area contributed by atoms with Gasteiger partial charge in [-0.25, -0.2) is 0 Å². The number of carbonyl (C=O) groups excluding carboxylic acids is 2. The number of hydrogen-bond acceptors (Lipinski definition) is 3. The van der Waals surface area contributed by atoms with Crippen molar-refractivity contribution in [2.24, 2.45) is 0 Å². The van der Waals surface area contributed by atoms with E-state index in [1.807, 2.05) is 31.2 Å². The van der Waals surface area contributed by atoms with Crippen LogP contribution in [0.15, 0.2) is 36.7 Å². The fourth-order valence-corrected chi connectivity index (χ4v) is 3.65. The highest BCUT2D eigenvalue weighted by Gasteiger charge is 2.50. The van der Waals surface area contributed by atoms with Gasteiger partial charge in [0.25, 0.3) is 0 Å². The molecular formula is C18H16N2O2. The molecule has 22 heavy (non-hydrogen) atoms. The second-order valence-corrected chi connectivity index (χ2v) is 6.07. The number of aromatic nitrogens is 1. The first kappa shape index (κ1) is 13.2. The van der Waals surface area contributed by atoms with Crippen molar-refractivity contribution in [2.75, 3.05) is 5.32 Å². The van der Waals surface area contributed by atoms with E-state index in [1.165, 1.54) is 0 Å². The zero-order valence-corrected chi connectivity index (χ0v) is 12.3. The van der Waals surface area contributed by atoms with E-state index in [-0.39, 0.29) is 11.7 Å². The molecule has 1 aliphatic carbocycles. The fourth-order valence-electron chi connectivity index (χ4n) is 3.65. The maximum Gasteiger partial charge on any atom is 0.235 e. The summed E-state index contributed by atoms with van der Waals surface area (Å²) >= 11 is 0. The van der Waals surface area contributed by atoms with Crippen LogP contribution in [0.1, 0.15) is 40.4 Å². The molecule has 1 N–H and O–H groups in total. The van der Waals surface area contributed by atoms with Gasteiger partial charge in [-0.3, -0.25) is 14.6 Å². The molecule has 0 fully saturated rings. The number of hydrogen-bond donors (Lipinski definition) is 1. The summed E-state index contributed by atoms with van der Waals surface area (Å²) in [6.45, 7) is 1.86. The average Bonchev–Trinajstić information content (AvgIpc) is 3.05. The molecule has 0 radical (unpaired) electrons. The lowest BCUT2D eigenvalue weighted by atomic mass is 9.79. The van der Waals surface area contributed by atoms with Crippen LogP contribution in [-0.4, -0.2) is 16.7 Å². The van der Waals surface area contributed by atoms with Gasteiger partial charge in [0.15, 0.2) is 5.78 Å². The molecule has 0 saturated heterocycles. The summed E-state index contributed by atoms with van der Waals surface area (Å²) in [6.07, 6.45) is 5.29. The predicted molar refractivity (Wildman–Crippen MR) is 83.0 cm³/mol. The number of pyridine rings is 1. The molecule has 1 amide bonds. The van der Waals surface area contributed by atoms with Crippen LogP contribution in [0.25, 0.3) is 0 Å². The number of Topliss-reactive ketones (excluding diaryl/α,β-unsaturated/α-hetero) is 1. The van der Waals surface area contributed by atoms with Gasteiger partial charge in [0, 0.05) is 35.6 Å². The Balaban J connectivity index is 1.79. The Morgan fingerprint density at radius 3 is 2.91 bits per heavy atom. The Kier molecular flexibility index (Phi) is 2.70. The highest BCUT2D eigenvalue weighted by atomic mass is 16.2. The van der Waals surface area contributed by atoms with Crippen LogP contribution < -0.4 is 5.32 Å². The van der Waals surface area contributed by atoms with E-state index < -0.39 is 5.41 Å². The quantitative estimate of drug-likeness (QED) is 0.866. The Labute approximate surface area is 128 Å². The summed E-state index contributed by atoms with van der Waals surface area (Å²) in [7, 11) is 0. The maximum absolute atomic E-state index is 12.6. The van der Waals surface area contributed by atoms with Gasteiger partial charge in [0.1, 0.15) is 0 Å². The van der Waals surface area contributed by atoms with Crippen molar-refractivity contribution < 1.29 is 9.59 Å². The number of nitrogens with one attached hydrogen (secondary N) is 1. The largest absolute Gasteiger partial charge is 0.325 e. The minimum absolute atomic E-state index is 0.0371. The minimum atomic E-state index is -0.556. The van der Waals surface area contributed by atoms with Crippen LogP contribution in [-0.2, 0) is 23.1 Å². The molecular weight excluding hydrogens is 276 g/mol.